The molecule has 0 spiro atoms. The molecule has 2 aromatic rings. The van der Waals surface area contributed by atoms with E-state index in [1.807, 2.05) is 32.7 Å². The molecule has 168 valence electrons. The first-order valence-electron chi connectivity index (χ1n) is 11.1. The van der Waals surface area contributed by atoms with Crippen molar-refractivity contribution in [3.05, 3.63) is 29.6 Å². The van der Waals surface area contributed by atoms with Crippen molar-refractivity contribution in [2.75, 3.05) is 31.6 Å². The molecule has 0 atom stereocenters. The Morgan fingerprint density at radius 3 is 2.74 bits per heavy atom. The van der Waals surface area contributed by atoms with E-state index in [9.17, 15) is 9.90 Å². The highest BCUT2D eigenvalue weighted by molar-refractivity contribution is 5.81. The zero-order valence-corrected chi connectivity index (χ0v) is 18.9. The van der Waals surface area contributed by atoms with Gasteiger partial charge in [-0.25, -0.2) is 9.97 Å². The third-order valence-corrected chi connectivity index (χ3v) is 5.81. The number of aryl methyl sites for hydroxylation is 1. The molecule has 0 bridgehead atoms. The molecule has 31 heavy (non-hydrogen) atoms. The first-order chi connectivity index (χ1) is 14.9. The zero-order valence-electron chi connectivity index (χ0n) is 18.9. The fraction of sp³-hybridized carbons (Fsp3) is 0.565. The summed E-state index contributed by atoms with van der Waals surface area (Å²) in [6, 6.07) is 3.57. The average molecular weight is 428 g/mol. The van der Waals surface area contributed by atoms with E-state index in [4.69, 9.17) is 14.7 Å². The van der Waals surface area contributed by atoms with Gasteiger partial charge in [0.05, 0.1) is 12.1 Å². The number of anilines is 1. The zero-order chi connectivity index (χ0) is 22.4. The molecule has 3 rings (SSSR count). The Morgan fingerprint density at radius 2 is 2.03 bits per heavy atom. The monoisotopic (exact) mass is 427 g/mol. The minimum absolute atomic E-state index is 0.0373. The third kappa shape index (κ3) is 5.50. The summed E-state index contributed by atoms with van der Waals surface area (Å²) < 4.78 is 5.86. The SMILES string of the molecule is CCNC(=O)CN(C)c1nc(-c2cc(OCC(O)(CC)CC)ccn2)nc2c1CCC2. The first-order valence-corrected chi connectivity index (χ1v) is 11.1. The van der Waals surface area contributed by atoms with Crippen molar-refractivity contribution in [2.24, 2.45) is 0 Å². The normalized spacial score (nSPS) is 13.1. The van der Waals surface area contributed by atoms with Crippen molar-refractivity contribution in [3.8, 4) is 17.3 Å². The van der Waals surface area contributed by atoms with Crippen LogP contribution in [0.3, 0.4) is 0 Å². The quantitative estimate of drug-likeness (QED) is 0.601. The van der Waals surface area contributed by atoms with Crippen molar-refractivity contribution < 1.29 is 14.6 Å². The summed E-state index contributed by atoms with van der Waals surface area (Å²) in [4.78, 5) is 27.9. The predicted octanol–water partition coefficient (Wildman–Crippen LogP) is 2.53. The van der Waals surface area contributed by atoms with Gasteiger partial charge >= 0.3 is 0 Å². The van der Waals surface area contributed by atoms with Crippen LogP contribution in [0.4, 0.5) is 5.82 Å². The van der Waals surface area contributed by atoms with Gasteiger partial charge in [0.2, 0.25) is 5.91 Å². The number of aromatic nitrogens is 3. The van der Waals surface area contributed by atoms with Gasteiger partial charge in [-0.05, 0) is 45.1 Å². The Bertz CT molecular complexity index is 914. The van der Waals surface area contributed by atoms with Crippen LogP contribution < -0.4 is 15.0 Å². The first kappa shape index (κ1) is 22.9. The van der Waals surface area contributed by atoms with Crippen LogP contribution in [0.25, 0.3) is 11.5 Å². The summed E-state index contributed by atoms with van der Waals surface area (Å²) in [5, 5.41) is 13.3. The summed E-state index contributed by atoms with van der Waals surface area (Å²) >= 11 is 0. The van der Waals surface area contributed by atoms with Gasteiger partial charge in [0, 0.05) is 37.1 Å². The van der Waals surface area contributed by atoms with Gasteiger partial charge in [-0.1, -0.05) is 13.8 Å². The standard InChI is InChI=1S/C23H33N5O3/c1-5-23(30,6-2)15-31-16-11-12-25-19(13-16)21-26-18-10-8-9-17(18)22(27-21)28(4)14-20(29)24-7-3/h11-13,30H,5-10,14-15H2,1-4H3,(H,24,29). The number of fused-ring (bicyclic) bond motifs is 1. The summed E-state index contributed by atoms with van der Waals surface area (Å²) in [7, 11) is 1.88. The minimum atomic E-state index is -0.845. The van der Waals surface area contributed by atoms with Crippen LogP contribution in [-0.4, -0.2) is 58.3 Å². The number of carbonyl (C=O) groups excluding carboxylic acids is 1. The van der Waals surface area contributed by atoms with E-state index in [2.05, 4.69) is 10.3 Å². The highest BCUT2D eigenvalue weighted by atomic mass is 16.5. The van der Waals surface area contributed by atoms with E-state index in [-0.39, 0.29) is 19.1 Å². The van der Waals surface area contributed by atoms with Gasteiger partial charge in [0.15, 0.2) is 5.82 Å². The number of aliphatic hydroxyl groups is 1. The molecule has 0 aliphatic heterocycles. The molecule has 0 aromatic carbocycles. The van der Waals surface area contributed by atoms with Crippen LogP contribution in [0.5, 0.6) is 5.75 Å². The average Bonchev–Trinajstić information content (AvgIpc) is 3.26. The number of pyridine rings is 1. The lowest BCUT2D eigenvalue weighted by molar-refractivity contribution is -0.119. The van der Waals surface area contributed by atoms with Gasteiger partial charge in [-0.3, -0.25) is 9.78 Å². The van der Waals surface area contributed by atoms with Gasteiger partial charge < -0.3 is 20.1 Å². The molecule has 2 N–H and O–H groups in total. The molecule has 8 nitrogen and oxygen atoms in total. The second-order valence-electron chi connectivity index (χ2n) is 8.06. The summed E-state index contributed by atoms with van der Waals surface area (Å²) in [5.74, 6) is 1.88. The Kier molecular flexibility index (Phi) is 7.43. The number of nitrogens with one attached hydrogen (secondary N) is 1. The number of amides is 1. The maximum atomic E-state index is 12.1. The Labute approximate surface area is 184 Å². The van der Waals surface area contributed by atoms with Gasteiger partial charge in [-0.15, -0.1) is 0 Å². The molecule has 0 saturated heterocycles. The molecule has 1 amide bonds. The lowest BCUT2D eigenvalue weighted by atomic mass is 9.99. The van der Waals surface area contributed by atoms with Crippen molar-refractivity contribution >= 4 is 11.7 Å². The van der Waals surface area contributed by atoms with E-state index in [0.717, 1.165) is 36.3 Å². The number of carbonyl (C=O) groups is 1. The lowest BCUT2D eigenvalue weighted by Gasteiger charge is -2.25. The Balaban J connectivity index is 1.87. The van der Waals surface area contributed by atoms with Gasteiger partial charge in [0.1, 0.15) is 23.9 Å². The second-order valence-corrected chi connectivity index (χ2v) is 8.06. The molecule has 0 saturated carbocycles. The summed E-state index contributed by atoms with van der Waals surface area (Å²) in [5.41, 5.74) is 1.89. The maximum Gasteiger partial charge on any atom is 0.239 e. The molecule has 8 heteroatoms. The number of nitrogens with zero attached hydrogens (tertiary/aromatic N) is 4. The van der Waals surface area contributed by atoms with Crippen molar-refractivity contribution in [2.45, 2.75) is 58.5 Å². The van der Waals surface area contributed by atoms with Crippen molar-refractivity contribution in [1.82, 2.24) is 20.3 Å². The lowest BCUT2D eigenvalue weighted by Crippen LogP contribution is -2.35. The van der Waals surface area contributed by atoms with Crippen LogP contribution >= 0.6 is 0 Å². The highest BCUT2D eigenvalue weighted by Crippen LogP contribution is 2.31. The fourth-order valence-corrected chi connectivity index (χ4v) is 3.68. The van der Waals surface area contributed by atoms with E-state index in [1.54, 1.807) is 18.3 Å². The number of hydrogen-bond donors (Lipinski definition) is 2. The number of rotatable bonds is 10. The molecular weight excluding hydrogens is 394 g/mol. The minimum Gasteiger partial charge on any atom is -0.490 e. The number of likely N-dealkylation sites (N-methyl/N-ethyl adjacent to an activating group) is 2. The largest absolute Gasteiger partial charge is 0.490 e. The van der Waals surface area contributed by atoms with E-state index in [0.29, 0.717) is 36.7 Å². The molecule has 0 radical (unpaired) electrons. The Morgan fingerprint density at radius 1 is 1.26 bits per heavy atom. The maximum absolute atomic E-state index is 12.1. The predicted molar refractivity (Wildman–Crippen MR) is 120 cm³/mol. The molecule has 0 unspecified atom stereocenters. The summed E-state index contributed by atoms with van der Waals surface area (Å²) in [6.45, 7) is 6.85. The fourth-order valence-electron chi connectivity index (χ4n) is 3.68. The molecule has 2 aromatic heterocycles. The third-order valence-electron chi connectivity index (χ3n) is 5.81. The van der Waals surface area contributed by atoms with Crippen LogP contribution in [0.15, 0.2) is 18.3 Å². The summed E-state index contributed by atoms with van der Waals surface area (Å²) in [6.07, 6.45) is 5.74. The van der Waals surface area contributed by atoms with E-state index >= 15 is 0 Å². The molecule has 1 aliphatic rings. The van der Waals surface area contributed by atoms with Crippen LogP contribution in [0.1, 0.15) is 51.3 Å². The van der Waals surface area contributed by atoms with E-state index in [1.165, 1.54) is 0 Å². The van der Waals surface area contributed by atoms with Gasteiger partial charge in [0.25, 0.3) is 0 Å². The molecule has 2 heterocycles. The number of ether oxygens (including phenoxy) is 1. The van der Waals surface area contributed by atoms with Crippen LogP contribution in [0.2, 0.25) is 0 Å². The molecule has 1 aliphatic carbocycles. The number of hydrogen-bond acceptors (Lipinski definition) is 7. The van der Waals surface area contributed by atoms with Crippen LogP contribution in [0, 0.1) is 0 Å². The topological polar surface area (TPSA) is 100 Å². The smallest absolute Gasteiger partial charge is 0.239 e. The molecular formula is C23H33N5O3. The van der Waals surface area contributed by atoms with Gasteiger partial charge in [-0.2, -0.15) is 0 Å². The van der Waals surface area contributed by atoms with Crippen LogP contribution in [-0.2, 0) is 17.6 Å². The molecule has 0 fully saturated rings. The van der Waals surface area contributed by atoms with Crippen molar-refractivity contribution in [3.63, 3.8) is 0 Å². The van der Waals surface area contributed by atoms with Crippen molar-refractivity contribution in [1.29, 1.82) is 0 Å². The van der Waals surface area contributed by atoms with E-state index < -0.39 is 5.60 Å². The highest BCUT2D eigenvalue weighted by Gasteiger charge is 2.25. The Hall–Kier alpha value is -2.74. The second kappa shape index (κ2) is 10.0.